The monoisotopic (exact) mass is 466 g/mol. The first-order chi connectivity index (χ1) is 15.7. The number of carbonyl (C=O) groups is 2. The summed E-state index contributed by atoms with van der Waals surface area (Å²) in [5.74, 6) is 0.184. The maximum Gasteiger partial charge on any atom is 0.416 e. The summed E-state index contributed by atoms with van der Waals surface area (Å²) in [6.07, 6.45) is -3.69. The molecule has 7 nitrogen and oxygen atoms in total. The smallest absolute Gasteiger partial charge is 0.416 e. The van der Waals surface area contributed by atoms with E-state index >= 15 is 0 Å². The number of benzene rings is 2. The summed E-state index contributed by atoms with van der Waals surface area (Å²) in [6, 6.07) is 9.62. The number of alkyl halides is 3. The topological polar surface area (TPSA) is 77.1 Å². The number of fused-ring (bicyclic) bond motifs is 1. The van der Waals surface area contributed by atoms with Crippen LogP contribution in [0, 0.1) is 0 Å². The van der Waals surface area contributed by atoms with E-state index in [0.717, 1.165) is 18.6 Å². The molecule has 0 fully saturated rings. The highest BCUT2D eigenvalue weighted by Gasteiger charge is 2.30. The molecule has 0 spiro atoms. The lowest BCUT2D eigenvalue weighted by Crippen LogP contribution is -2.37. The predicted octanol–water partition coefficient (Wildman–Crippen LogP) is 3.87. The van der Waals surface area contributed by atoms with Gasteiger partial charge in [0.15, 0.2) is 11.5 Å². The molecule has 0 atom stereocenters. The molecule has 0 saturated carbocycles. The largest absolute Gasteiger partial charge is 0.490 e. The van der Waals surface area contributed by atoms with Gasteiger partial charge in [0, 0.05) is 24.7 Å². The second-order valence-corrected chi connectivity index (χ2v) is 7.41. The maximum absolute atomic E-state index is 12.8. The van der Waals surface area contributed by atoms with E-state index in [0.29, 0.717) is 36.0 Å². The number of carbonyl (C=O) groups excluding carboxylic acids is 2. The van der Waals surface area contributed by atoms with Crippen LogP contribution in [0.25, 0.3) is 0 Å². The number of esters is 1. The van der Waals surface area contributed by atoms with Gasteiger partial charge in [0.05, 0.1) is 38.5 Å². The van der Waals surface area contributed by atoms with Crippen molar-refractivity contribution in [3.8, 4) is 11.5 Å². The lowest BCUT2D eigenvalue weighted by molar-refractivity contribution is -0.144. The Bertz CT molecular complexity index is 964. The van der Waals surface area contributed by atoms with Crippen LogP contribution < -0.4 is 14.8 Å². The van der Waals surface area contributed by atoms with E-state index in [-0.39, 0.29) is 26.2 Å². The Morgan fingerprint density at radius 2 is 1.73 bits per heavy atom. The predicted molar refractivity (Wildman–Crippen MR) is 114 cm³/mol. The lowest BCUT2D eigenvalue weighted by atomic mass is 10.1. The minimum Gasteiger partial charge on any atom is -0.490 e. The van der Waals surface area contributed by atoms with Gasteiger partial charge in [-0.05, 0) is 36.8 Å². The van der Waals surface area contributed by atoms with E-state index < -0.39 is 23.6 Å². The van der Waals surface area contributed by atoms with Crippen LogP contribution in [0.2, 0.25) is 0 Å². The quantitative estimate of drug-likeness (QED) is 0.596. The van der Waals surface area contributed by atoms with Gasteiger partial charge in [-0.25, -0.2) is 0 Å². The number of amides is 1. The van der Waals surface area contributed by atoms with Gasteiger partial charge in [-0.2, -0.15) is 13.2 Å². The van der Waals surface area contributed by atoms with Crippen LogP contribution in [0.15, 0.2) is 42.5 Å². The van der Waals surface area contributed by atoms with Gasteiger partial charge in [0.2, 0.25) is 5.91 Å². The SMILES string of the molecule is CCOC(=O)CN(CC(=O)Nc1ccc2c(c1)OCCCO2)Cc1ccc(C(F)(F)F)cc1. The van der Waals surface area contributed by atoms with Crippen LogP contribution >= 0.6 is 0 Å². The van der Waals surface area contributed by atoms with Gasteiger partial charge in [0.25, 0.3) is 0 Å². The van der Waals surface area contributed by atoms with Crippen LogP contribution in [-0.4, -0.2) is 49.7 Å². The molecule has 1 aliphatic heterocycles. The highest BCUT2D eigenvalue weighted by atomic mass is 19.4. The van der Waals surface area contributed by atoms with E-state index in [1.165, 1.54) is 17.0 Å². The molecule has 0 bridgehead atoms. The minimum atomic E-state index is -4.44. The summed E-state index contributed by atoms with van der Waals surface area (Å²) in [5.41, 5.74) is 0.251. The first kappa shape index (κ1) is 24.4. The molecule has 0 aromatic heterocycles. The van der Waals surface area contributed by atoms with Gasteiger partial charge in [-0.1, -0.05) is 12.1 Å². The van der Waals surface area contributed by atoms with Crippen molar-refractivity contribution in [1.29, 1.82) is 0 Å². The highest BCUT2D eigenvalue weighted by molar-refractivity contribution is 5.92. The molecular weight excluding hydrogens is 441 g/mol. The van der Waals surface area contributed by atoms with Gasteiger partial charge in [0.1, 0.15) is 0 Å². The van der Waals surface area contributed by atoms with Crippen LogP contribution in [0.3, 0.4) is 0 Å². The third-order valence-electron chi connectivity index (χ3n) is 4.74. The Hall–Kier alpha value is -3.27. The van der Waals surface area contributed by atoms with Crippen molar-refractivity contribution in [2.24, 2.45) is 0 Å². The molecule has 1 N–H and O–H groups in total. The number of halogens is 3. The van der Waals surface area contributed by atoms with Crippen molar-refractivity contribution in [2.45, 2.75) is 26.1 Å². The molecule has 178 valence electrons. The first-order valence-corrected chi connectivity index (χ1v) is 10.5. The van der Waals surface area contributed by atoms with Crippen LogP contribution in [0.4, 0.5) is 18.9 Å². The summed E-state index contributed by atoms with van der Waals surface area (Å²) in [6.45, 7) is 2.62. The number of nitrogens with one attached hydrogen (secondary N) is 1. The summed E-state index contributed by atoms with van der Waals surface area (Å²) in [5, 5.41) is 2.75. The van der Waals surface area contributed by atoms with Crippen molar-refractivity contribution in [1.82, 2.24) is 4.90 Å². The minimum absolute atomic E-state index is 0.0888. The molecule has 33 heavy (non-hydrogen) atoms. The highest BCUT2D eigenvalue weighted by Crippen LogP contribution is 2.32. The van der Waals surface area contributed by atoms with Gasteiger partial charge >= 0.3 is 12.1 Å². The fourth-order valence-electron chi connectivity index (χ4n) is 3.26. The molecule has 1 heterocycles. The van der Waals surface area contributed by atoms with Gasteiger partial charge in [-0.15, -0.1) is 0 Å². The summed E-state index contributed by atoms with van der Waals surface area (Å²) >= 11 is 0. The van der Waals surface area contributed by atoms with E-state index in [9.17, 15) is 22.8 Å². The van der Waals surface area contributed by atoms with Crippen molar-refractivity contribution in [2.75, 3.05) is 38.2 Å². The molecule has 0 radical (unpaired) electrons. The van der Waals surface area contributed by atoms with Crippen molar-refractivity contribution >= 4 is 17.6 Å². The third kappa shape index (κ3) is 7.38. The summed E-state index contributed by atoms with van der Waals surface area (Å²) in [7, 11) is 0. The zero-order valence-electron chi connectivity index (χ0n) is 18.1. The molecule has 0 aliphatic carbocycles. The number of hydrogen-bond donors (Lipinski definition) is 1. The van der Waals surface area contributed by atoms with Crippen molar-refractivity contribution in [3.05, 3.63) is 53.6 Å². The standard InChI is InChI=1S/C23H25F3N2O5/c1-2-31-22(30)15-28(13-16-4-6-17(7-5-16)23(24,25)26)14-21(29)27-18-8-9-19-20(12-18)33-11-3-10-32-19/h4-9,12H,2-3,10-11,13-15H2,1H3,(H,27,29). The Kier molecular flexibility index (Phi) is 8.16. The van der Waals surface area contributed by atoms with Crippen LogP contribution in [-0.2, 0) is 27.0 Å². The van der Waals surface area contributed by atoms with Crippen LogP contribution in [0.5, 0.6) is 11.5 Å². The summed E-state index contributed by atoms with van der Waals surface area (Å²) < 4.78 is 54.6. The number of ether oxygens (including phenoxy) is 3. The Labute approximate surface area is 189 Å². The number of anilines is 1. The Balaban J connectivity index is 1.67. The summed E-state index contributed by atoms with van der Waals surface area (Å²) in [4.78, 5) is 26.1. The average molecular weight is 466 g/mol. The molecule has 1 aliphatic rings. The molecule has 10 heteroatoms. The Morgan fingerprint density at radius 3 is 2.39 bits per heavy atom. The fraction of sp³-hybridized carbons (Fsp3) is 0.391. The fourth-order valence-corrected chi connectivity index (χ4v) is 3.26. The first-order valence-electron chi connectivity index (χ1n) is 10.5. The third-order valence-corrected chi connectivity index (χ3v) is 4.74. The molecule has 0 unspecified atom stereocenters. The number of rotatable bonds is 8. The molecular formula is C23H25F3N2O5. The normalized spacial score (nSPS) is 13.4. The second kappa shape index (κ2) is 11.0. The van der Waals surface area contributed by atoms with E-state index in [1.54, 1.807) is 25.1 Å². The molecule has 2 aromatic rings. The van der Waals surface area contributed by atoms with Gasteiger partial charge in [-0.3, -0.25) is 14.5 Å². The molecule has 3 rings (SSSR count). The zero-order chi connectivity index (χ0) is 23.8. The number of hydrogen-bond acceptors (Lipinski definition) is 6. The molecule has 2 aromatic carbocycles. The molecule has 0 saturated heterocycles. The van der Waals surface area contributed by atoms with E-state index in [4.69, 9.17) is 14.2 Å². The van der Waals surface area contributed by atoms with E-state index in [2.05, 4.69) is 5.32 Å². The van der Waals surface area contributed by atoms with Crippen molar-refractivity contribution in [3.63, 3.8) is 0 Å². The van der Waals surface area contributed by atoms with Crippen molar-refractivity contribution < 1.29 is 37.0 Å². The second-order valence-electron chi connectivity index (χ2n) is 7.41. The average Bonchev–Trinajstić information content (AvgIpc) is 2.98. The zero-order valence-corrected chi connectivity index (χ0v) is 18.1. The van der Waals surface area contributed by atoms with E-state index in [1.807, 2.05) is 0 Å². The molecule has 1 amide bonds. The lowest BCUT2D eigenvalue weighted by Gasteiger charge is -2.21. The van der Waals surface area contributed by atoms with Gasteiger partial charge < -0.3 is 19.5 Å². The number of nitrogens with zero attached hydrogens (tertiary/aromatic N) is 1. The van der Waals surface area contributed by atoms with Crippen LogP contribution in [0.1, 0.15) is 24.5 Å². The Morgan fingerprint density at radius 1 is 1.03 bits per heavy atom. The maximum atomic E-state index is 12.8.